The molecule has 1 N–H and O–H groups in total. The summed E-state index contributed by atoms with van der Waals surface area (Å²) >= 11 is 7.03. The van der Waals surface area contributed by atoms with Crippen molar-refractivity contribution >= 4 is 45.9 Å². The van der Waals surface area contributed by atoms with Crippen molar-refractivity contribution in [3.8, 4) is 11.4 Å². The lowest BCUT2D eigenvalue weighted by molar-refractivity contribution is -0.113. The molecule has 0 saturated carbocycles. The average Bonchev–Trinajstić information content (AvgIpc) is 2.79. The van der Waals surface area contributed by atoms with E-state index in [1.165, 1.54) is 29.9 Å². The number of anilines is 1. The number of para-hydroxylation sites is 2. The molecule has 162 valence electrons. The van der Waals surface area contributed by atoms with Crippen LogP contribution in [0.5, 0.6) is 5.75 Å². The topological polar surface area (TPSA) is 73.2 Å². The lowest BCUT2D eigenvalue weighted by Gasteiger charge is -2.14. The van der Waals surface area contributed by atoms with Crippen LogP contribution in [-0.4, -0.2) is 28.3 Å². The third-order valence-electron chi connectivity index (χ3n) is 4.61. The van der Waals surface area contributed by atoms with E-state index in [4.69, 9.17) is 16.3 Å². The Bertz CT molecular complexity index is 1380. The summed E-state index contributed by atoms with van der Waals surface area (Å²) in [4.78, 5) is 30.3. The number of rotatable bonds is 6. The molecule has 0 spiro atoms. The van der Waals surface area contributed by atoms with Crippen LogP contribution in [0.1, 0.15) is 0 Å². The zero-order valence-corrected chi connectivity index (χ0v) is 18.4. The first-order valence-corrected chi connectivity index (χ1v) is 10.9. The van der Waals surface area contributed by atoms with E-state index in [2.05, 4.69) is 10.3 Å². The fourth-order valence-electron chi connectivity index (χ4n) is 3.15. The molecule has 0 radical (unpaired) electrons. The van der Waals surface area contributed by atoms with Crippen LogP contribution in [0, 0.1) is 5.82 Å². The first-order valence-electron chi connectivity index (χ1n) is 9.51. The molecule has 4 rings (SSSR count). The predicted octanol–water partition coefficient (Wildman–Crippen LogP) is 4.92. The van der Waals surface area contributed by atoms with Crippen LogP contribution in [-0.2, 0) is 4.79 Å². The molecule has 0 bridgehead atoms. The van der Waals surface area contributed by atoms with E-state index in [1.54, 1.807) is 48.5 Å². The maximum absolute atomic E-state index is 14.5. The summed E-state index contributed by atoms with van der Waals surface area (Å²) in [6.07, 6.45) is 0. The van der Waals surface area contributed by atoms with Crippen molar-refractivity contribution < 1.29 is 13.9 Å². The van der Waals surface area contributed by atoms with Gasteiger partial charge >= 0.3 is 0 Å². The second kappa shape index (κ2) is 9.42. The molecule has 0 atom stereocenters. The van der Waals surface area contributed by atoms with Crippen molar-refractivity contribution in [1.29, 1.82) is 0 Å². The van der Waals surface area contributed by atoms with Crippen LogP contribution in [0.4, 0.5) is 10.1 Å². The predicted molar refractivity (Wildman–Crippen MR) is 125 cm³/mol. The van der Waals surface area contributed by atoms with Gasteiger partial charge in [0.25, 0.3) is 5.56 Å². The van der Waals surface area contributed by atoms with E-state index >= 15 is 0 Å². The fraction of sp³-hybridized carbons (Fsp3) is 0.0870. The number of benzene rings is 3. The number of ether oxygens (including phenoxy) is 1. The summed E-state index contributed by atoms with van der Waals surface area (Å²) in [6, 6.07) is 17.6. The minimum atomic E-state index is -0.568. The van der Waals surface area contributed by atoms with E-state index < -0.39 is 11.4 Å². The fourth-order valence-corrected chi connectivity index (χ4v) is 4.13. The zero-order chi connectivity index (χ0) is 22.7. The van der Waals surface area contributed by atoms with Gasteiger partial charge in [0.1, 0.15) is 11.6 Å². The molecule has 0 aliphatic heterocycles. The van der Waals surface area contributed by atoms with E-state index in [0.29, 0.717) is 27.4 Å². The van der Waals surface area contributed by atoms with Crippen LogP contribution < -0.4 is 15.6 Å². The molecule has 32 heavy (non-hydrogen) atoms. The quantitative estimate of drug-likeness (QED) is 0.320. The van der Waals surface area contributed by atoms with Crippen LogP contribution in [0.3, 0.4) is 0 Å². The van der Waals surface area contributed by atoms with Gasteiger partial charge in [0.15, 0.2) is 5.16 Å². The normalized spacial score (nSPS) is 10.8. The highest BCUT2D eigenvalue weighted by Crippen LogP contribution is 2.28. The Balaban J connectivity index is 1.68. The summed E-state index contributed by atoms with van der Waals surface area (Å²) in [5, 5.41) is 3.74. The average molecular weight is 470 g/mol. The highest BCUT2D eigenvalue weighted by Gasteiger charge is 2.17. The number of nitrogens with one attached hydrogen (secondary N) is 1. The number of halogens is 2. The summed E-state index contributed by atoms with van der Waals surface area (Å²) in [7, 11) is 1.49. The molecule has 1 heterocycles. The summed E-state index contributed by atoms with van der Waals surface area (Å²) in [6.45, 7) is 0. The molecular weight excluding hydrogens is 453 g/mol. The Morgan fingerprint density at radius 1 is 1.16 bits per heavy atom. The van der Waals surface area contributed by atoms with Gasteiger partial charge in [-0.25, -0.2) is 9.37 Å². The number of aromatic nitrogens is 2. The van der Waals surface area contributed by atoms with Gasteiger partial charge in [-0.1, -0.05) is 47.6 Å². The third-order valence-corrected chi connectivity index (χ3v) is 5.78. The maximum atomic E-state index is 14.5. The van der Waals surface area contributed by atoms with Crippen LogP contribution in [0.25, 0.3) is 16.6 Å². The number of nitrogens with zero attached hydrogens (tertiary/aromatic N) is 2. The van der Waals surface area contributed by atoms with Gasteiger partial charge in [-0.05, 0) is 42.5 Å². The monoisotopic (exact) mass is 469 g/mol. The standard InChI is InChI=1S/C23H17ClFN3O3S/c1-31-20-11-10-14(24)12-18(20)26-21(29)13-32-23-27-17-8-4-2-6-15(17)22(30)28(23)19-9-5-3-7-16(19)25/h2-12H,13H2,1H3,(H,26,29). The number of fused-ring (bicyclic) bond motifs is 1. The van der Waals surface area contributed by atoms with E-state index in [9.17, 15) is 14.0 Å². The SMILES string of the molecule is COc1ccc(Cl)cc1NC(=O)CSc1nc2ccccc2c(=O)n1-c1ccccc1F. The molecule has 9 heteroatoms. The maximum Gasteiger partial charge on any atom is 0.266 e. The summed E-state index contributed by atoms with van der Waals surface area (Å²) < 4.78 is 21.0. The van der Waals surface area contributed by atoms with Crippen LogP contribution >= 0.6 is 23.4 Å². The van der Waals surface area contributed by atoms with Crippen LogP contribution in [0.2, 0.25) is 5.02 Å². The molecule has 0 unspecified atom stereocenters. The molecule has 6 nitrogen and oxygen atoms in total. The molecule has 1 amide bonds. The Morgan fingerprint density at radius 3 is 2.69 bits per heavy atom. The first kappa shape index (κ1) is 21.9. The summed E-state index contributed by atoms with van der Waals surface area (Å²) in [5.41, 5.74) is 0.531. The number of carbonyl (C=O) groups is 1. The van der Waals surface area contributed by atoms with E-state index in [1.807, 2.05) is 0 Å². The Morgan fingerprint density at radius 2 is 1.91 bits per heavy atom. The molecule has 0 aliphatic rings. The molecule has 0 aliphatic carbocycles. The Kier molecular flexibility index (Phi) is 6.43. The van der Waals surface area contributed by atoms with Crippen molar-refractivity contribution in [2.24, 2.45) is 0 Å². The number of methoxy groups -OCH3 is 1. The van der Waals surface area contributed by atoms with Crippen molar-refractivity contribution in [2.45, 2.75) is 5.16 Å². The summed E-state index contributed by atoms with van der Waals surface area (Å²) in [5.74, 6) is -0.547. The highest BCUT2D eigenvalue weighted by atomic mass is 35.5. The minimum absolute atomic E-state index is 0.0650. The smallest absolute Gasteiger partial charge is 0.266 e. The van der Waals surface area contributed by atoms with E-state index in [-0.39, 0.29) is 22.5 Å². The lowest BCUT2D eigenvalue weighted by Crippen LogP contribution is -2.23. The lowest BCUT2D eigenvalue weighted by atomic mass is 10.2. The molecule has 3 aromatic carbocycles. The van der Waals surface area contributed by atoms with Gasteiger partial charge in [0.05, 0.1) is 35.1 Å². The molecular formula is C23H17ClFN3O3S. The zero-order valence-electron chi connectivity index (χ0n) is 16.8. The Hall–Kier alpha value is -3.36. The van der Waals surface area contributed by atoms with Gasteiger partial charge in [0.2, 0.25) is 5.91 Å². The van der Waals surface area contributed by atoms with Crippen LogP contribution in [0.15, 0.2) is 76.7 Å². The Labute approximate surface area is 192 Å². The number of hydrogen-bond donors (Lipinski definition) is 1. The number of hydrogen-bond acceptors (Lipinski definition) is 5. The minimum Gasteiger partial charge on any atom is -0.495 e. The number of thioether (sulfide) groups is 1. The number of carbonyl (C=O) groups excluding carboxylic acids is 1. The second-order valence-electron chi connectivity index (χ2n) is 6.68. The van der Waals surface area contributed by atoms with Gasteiger partial charge < -0.3 is 10.1 Å². The van der Waals surface area contributed by atoms with Gasteiger partial charge in [-0.2, -0.15) is 0 Å². The van der Waals surface area contributed by atoms with Gasteiger partial charge in [-0.15, -0.1) is 0 Å². The van der Waals surface area contributed by atoms with Crippen molar-refractivity contribution in [3.05, 3.63) is 87.9 Å². The largest absolute Gasteiger partial charge is 0.495 e. The molecule has 4 aromatic rings. The molecule has 1 aromatic heterocycles. The van der Waals surface area contributed by atoms with Crippen molar-refractivity contribution in [2.75, 3.05) is 18.2 Å². The second-order valence-corrected chi connectivity index (χ2v) is 8.06. The number of amides is 1. The van der Waals surface area contributed by atoms with Crippen molar-refractivity contribution in [1.82, 2.24) is 9.55 Å². The third kappa shape index (κ3) is 4.46. The molecule has 0 fully saturated rings. The highest BCUT2D eigenvalue weighted by molar-refractivity contribution is 7.99. The molecule has 0 saturated heterocycles. The van der Waals surface area contributed by atoms with Gasteiger partial charge in [-0.3, -0.25) is 14.2 Å². The van der Waals surface area contributed by atoms with Gasteiger partial charge in [0, 0.05) is 5.02 Å². The van der Waals surface area contributed by atoms with E-state index in [0.717, 1.165) is 11.8 Å². The van der Waals surface area contributed by atoms with Crippen molar-refractivity contribution in [3.63, 3.8) is 0 Å². The first-order chi connectivity index (χ1) is 15.5.